The first-order chi connectivity index (χ1) is 10.8. The summed E-state index contributed by atoms with van der Waals surface area (Å²) in [4.78, 5) is 22.9. The van der Waals surface area contributed by atoms with Gasteiger partial charge in [-0.05, 0) is 12.8 Å². The lowest BCUT2D eigenvalue weighted by atomic mass is 9.71. The summed E-state index contributed by atoms with van der Waals surface area (Å²) in [5, 5.41) is 19.1. The van der Waals surface area contributed by atoms with E-state index in [1.54, 1.807) is 20.0 Å². The maximum atomic E-state index is 12.3. The molecule has 23 heavy (non-hydrogen) atoms. The molecular weight excluding hydrogens is 300 g/mol. The van der Waals surface area contributed by atoms with E-state index in [1.165, 1.54) is 11.8 Å². The van der Waals surface area contributed by atoms with Gasteiger partial charge in [0.2, 0.25) is 5.54 Å². The number of aromatic nitrogens is 3. The van der Waals surface area contributed by atoms with E-state index < -0.39 is 11.0 Å². The minimum Gasteiger partial charge on any atom is -0.469 e. The van der Waals surface area contributed by atoms with Gasteiger partial charge in [0.25, 0.3) is 0 Å². The number of carbonyl (C=O) groups is 1. The van der Waals surface area contributed by atoms with Crippen LogP contribution in [-0.2, 0) is 22.5 Å². The molecule has 8 nitrogen and oxygen atoms in total. The molecule has 0 unspecified atom stereocenters. The molecule has 1 aromatic rings. The van der Waals surface area contributed by atoms with Crippen LogP contribution in [0, 0.1) is 15.5 Å². The van der Waals surface area contributed by atoms with Crippen molar-refractivity contribution in [2.45, 2.75) is 64.5 Å². The van der Waals surface area contributed by atoms with Crippen molar-refractivity contribution in [3.05, 3.63) is 22.0 Å². The van der Waals surface area contributed by atoms with E-state index in [1.807, 2.05) is 0 Å². The molecule has 1 heterocycles. The van der Waals surface area contributed by atoms with Crippen LogP contribution >= 0.6 is 0 Å². The first-order valence-electron chi connectivity index (χ1n) is 7.91. The lowest BCUT2D eigenvalue weighted by molar-refractivity contribution is -0.563. The van der Waals surface area contributed by atoms with Crippen molar-refractivity contribution in [1.82, 2.24) is 15.0 Å². The lowest BCUT2D eigenvalue weighted by Crippen LogP contribution is -2.37. The number of esters is 1. The predicted molar refractivity (Wildman–Crippen MR) is 82.3 cm³/mol. The van der Waals surface area contributed by atoms with Gasteiger partial charge in [0.15, 0.2) is 0 Å². The Kier molecular flexibility index (Phi) is 5.01. The molecule has 0 bridgehead atoms. The van der Waals surface area contributed by atoms with Gasteiger partial charge in [0, 0.05) is 31.4 Å². The van der Waals surface area contributed by atoms with Crippen molar-refractivity contribution in [1.29, 1.82) is 0 Å². The third-order valence-corrected chi connectivity index (χ3v) is 4.58. The predicted octanol–water partition coefficient (Wildman–Crippen LogP) is 2.00. The summed E-state index contributed by atoms with van der Waals surface area (Å²) < 4.78 is 6.48. The van der Waals surface area contributed by atoms with Crippen molar-refractivity contribution in [2.24, 2.45) is 5.41 Å². The summed E-state index contributed by atoms with van der Waals surface area (Å²) >= 11 is 0. The van der Waals surface area contributed by atoms with E-state index >= 15 is 0 Å². The highest BCUT2D eigenvalue weighted by molar-refractivity contribution is 5.77. The van der Waals surface area contributed by atoms with Crippen molar-refractivity contribution in [3.63, 3.8) is 0 Å². The van der Waals surface area contributed by atoms with E-state index in [9.17, 15) is 14.9 Å². The van der Waals surface area contributed by atoms with Gasteiger partial charge in [-0.3, -0.25) is 14.9 Å². The molecule has 0 saturated heterocycles. The molecule has 1 fully saturated rings. The SMILES string of the molecule is COC(=O)C1(Cc2cn(CC(C)(C)[N+](=O)[O-])nn2)CCCCC1. The van der Waals surface area contributed by atoms with Crippen LogP contribution in [0.15, 0.2) is 6.20 Å². The normalized spacial score (nSPS) is 17.7. The van der Waals surface area contributed by atoms with Crippen molar-refractivity contribution in [2.75, 3.05) is 7.11 Å². The smallest absolute Gasteiger partial charge is 0.312 e. The number of hydrogen-bond acceptors (Lipinski definition) is 6. The summed E-state index contributed by atoms with van der Waals surface area (Å²) in [5.41, 5.74) is -0.973. The van der Waals surface area contributed by atoms with E-state index in [-0.39, 0.29) is 17.4 Å². The molecule has 0 amide bonds. The summed E-state index contributed by atoms with van der Waals surface area (Å²) in [7, 11) is 1.41. The largest absolute Gasteiger partial charge is 0.469 e. The average Bonchev–Trinajstić information content (AvgIpc) is 2.93. The highest BCUT2D eigenvalue weighted by Crippen LogP contribution is 2.40. The fourth-order valence-corrected chi connectivity index (χ4v) is 3.20. The van der Waals surface area contributed by atoms with Gasteiger partial charge in [-0.25, -0.2) is 4.68 Å². The zero-order valence-corrected chi connectivity index (χ0v) is 13.9. The number of nitrogens with zero attached hydrogens (tertiary/aromatic N) is 4. The van der Waals surface area contributed by atoms with Crippen LogP contribution in [0.25, 0.3) is 0 Å². The van der Waals surface area contributed by atoms with Crippen molar-refractivity contribution >= 4 is 5.97 Å². The Morgan fingerprint density at radius 2 is 2.09 bits per heavy atom. The molecular formula is C15H24N4O4. The number of ether oxygens (including phenoxy) is 1. The van der Waals surface area contributed by atoms with Crippen molar-refractivity contribution < 1.29 is 14.5 Å². The lowest BCUT2D eigenvalue weighted by Gasteiger charge is -2.33. The standard InChI is InChI=1S/C15H24N4O4/c1-14(2,19(21)22)11-18-10-12(16-17-18)9-15(13(20)23-3)7-5-4-6-8-15/h10H,4-9,11H2,1-3H3. The highest BCUT2D eigenvalue weighted by atomic mass is 16.6. The first kappa shape index (κ1) is 17.4. The molecule has 128 valence electrons. The molecule has 0 N–H and O–H groups in total. The Hall–Kier alpha value is -1.99. The highest BCUT2D eigenvalue weighted by Gasteiger charge is 2.41. The van der Waals surface area contributed by atoms with Gasteiger partial charge in [0.05, 0.1) is 18.2 Å². The van der Waals surface area contributed by atoms with Crippen LogP contribution in [0.2, 0.25) is 0 Å². The van der Waals surface area contributed by atoms with Gasteiger partial charge in [0.1, 0.15) is 6.54 Å². The molecule has 0 radical (unpaired) electrons. The van der Waals surface area contributed by atoms with E-state index in [0.717, 1.165) is 32.1 Å². The van der Waals surface area contributed by atoms with Gasteiger partial charge in [-0.15, -0.1) is 5.10 Å². The van der Waals surface area contributed by atoms with Crippen LogP contribution in [0.5, 0.6) is 0 Å². The van der Waals surface area contributed by atoms with Crippen LogP contribution < -0.4 is 0 Å². The zero-order chi connectivity index (χ0) is 17.1. The third-order valence-electron chi connectivity index (χ3n) is 4.58. The molecule has 1 aliphatic rings. The Morgan fingerprint density at radius 1 is 1.43 bits per heavy atom. The zero-order valence-electron chi connectivity index (χ0n) is 13.9. The fourth-order valence-electron chi connectivity index (χ4n) is 3.20. The van der Waals surface area contributed by atoms with E-state index in [0.29, 0.717) is 12.1 Å². The quantitative estimate of drug-likeness (QED) is 0.451. The molecule has 0 spiro atoms. The topological polar surface area (TPSA) is 100 Å². The first-order valence-corrected chi connectivity index (χ1v) is 7.91. The second kappa shape index (κ2) is 6.64. The number of rotatable bonds is 6. The number of hydrogen-bond donors (Lipinski definition) is 0. The second-order valence-corrected chi connectivity index (χ2v) is 6.99. The number of carbonyl (C=O) groups excluding carboxylic acids is 1. The summed E-state index contributed by atoms with van der Waals surface area (Å²) in [6.45, 7) is 3.23. The second-order valence-electron chi connectivity index (χ2n) is 6.99. The Morgan fingerprint density at radius 3 is 2.65 bits per heavy atom. The third kappa shape index (κ3) is 3.86. The summed E-state index contributed by atoms with van der Waals surface area (Å²) in [6, 6.07) is 0. The van der Waals surface area contributed by atoms with Gasteiger partial charge in [-0.2, -0.15) is 0 Å². The number of nitro groups is 1. The summed E-state index contributed by atoms with van der Waals surface area (Å²) in [6.07, 6.45) is 6.86. The van der Waals surface area contributed by atoms with Crippen LogP contribution in [0.3, 0.4) is 0 Å². The van der Waals surface area contributed by atoms with Crippen molar-refractivity contribution in [3.8, 4) is 0 Å². The van der Waals surface area contributed by atoms with E-state index in [4.69, 9.17) is 4.74 Å². The molecule has 1 aliphatic carbocycles. The monoisotopic (exact) mass is 324 g/mol. The van der Waals surface area contributed by atoms with Crippen LogP contribution in [0.1, 0.15) is 51.6 Å². The van der Waals surface area contributed by atoms with Crippen LogP contribution in [-0.4, -0.2) is 38.5 Å². The summed E-state index contributed by atoms with van der Waals surface area (Å²) in [5.74, 6) is -0.197. The van der Waals surface area contributed by atoms with Gasteiger partial charge in [-0.1, -0.05) is 24.5 Å². The maximum absolute atomic E-state index is 12.3. The molecule has 0 aromatic carbocycles. The fraction of sp³-hybridized carbons (Fsp3) is 0.800. The molecule has 0 aliphatic heterocycles. The molecule has 1 aromatic heterocycles. The molecule has 1 saturated carbocycles. The Labute approximate surface area is 135 Å². The minimum absolute atomic E-state index is 0.137. The molecule has 8 heteroatoms. The molecule has 0 atom stereocenters. The van der Waals surface area contributed by atoms with Crippen LogP contribution in [0.4, 0.5) is 0 Å². The average molecular weight is 324 g/mol. The van der Waals surface area contributed by atoms with E-state index in [2.05, 4.69) is 10.3 Å². The molecule has 2 rings (SSSR count). The van der Waals surface area contributed by atoms with Gasteiger partial charge < -0.3 is 4.74 Å². The Bertz CT molecular complexity index is 576. The Balaban J connectivity index is 2.13. The minimum atomic E-state index is -1.12. The number of methoxy groups -OCH3 is 1. The van der Waals surface area contributed by atoms with Gasteiger partial charge >= 0.3 is 5.97 Å². The maximum Gasteiger partial charge on any atom is 0.312 e.